The van der Waals surface area contributed by atoms with Gasteiger partial charge in [0.05, 0.1) is 10.6 Å². The van der Waals surface area contributed by atoms with Crippen LogP contribution in [0.4, 0.5) is 11.4 Å². The van der Waals surface area contributed by atoms with Crippen LogP contribution in [0.3, 0.4) is 0 Å². The van der Waals surface area contributed by atoms with E-state index in [4.69, 9.17) is 0 Å². The number of fused-ring (bicyclic) bond motifs is 1. The van der Waals surface area contributed by atoms with Crippen LogP contribution in [0.5, 0.6) is 0 Å². The van der Waals surface area contributed by atoms with E-state index in [1.54, 1.807) is 16.6 Å². The van der Waals surface area contributed by atoms with Gasteiger partial charge >= 0.3 is 0 Å². The largest absolute Gasteiger partial charge is 0.321 e. The number of benzene rings is 2. The standard InChI is InChI=1S/C17H12N6O3S/c1-10-19-20-17-22(10)21-16(27-17)13-4-2-3-5-14(13)18-15(24)11-6-8-12(9-7-11)23(25)26/h2-9H,1H3,(H,18,24). The van der Waals surface area contributed by atoms with Crippen LogP contribution in [0.1, 0.15) is 16.2 Å². The molecule has 0 saturated carbocycles. The molecule has 0 aliphatic rings. The number of amides is 1. The lowest BCUT2D eigenvalue weighted by Crippen LogP contribution is -2.12. The van der Waals surface area contributed by atoms with Gasteiger partial charge in [-0.15, -0.1) is 10.2 Å². The molecule has 9 nitrogen and oxygen atoms in total. The molecule has 0 bridgehead atoms. The molecule has 4 rings (SSSR count). The summed E-state index contributed by atoms with van der Waals surface area (Å²) in [6.45, 7) is 1.81. The van der Waals surface area contributed by atoms with Crippen molar-refractivity contribution in [1.29, 1.82) is 0 Å². The van der Waals surface area contributed by atoms with Gasteiger partial charge in [0, 0.05) is 23.3 Å². The number of carbonyl (C=O) groups is 1. The van der Waals surface area contributed by atoms with Crippen LogP contribution in [0.2, 0.25) is 0 Å². The maximum atomic E-state index is 12.5. The molecule has 0 radical (unpaired) electrons. The number of anilines is 1. The summed E-state index contributed by atoms with van der Waals surface area (Å²) in [6, 6.07) is 12.7. The highest BCUT2D eigenvalue weighted by atomic mass is 32.1. The fourth-order valence-corrected chi connectivity index (χ4v) is 3.46. The van der Waals surface area contributed by atoms with Gasteiger partial charge in [-0.05, 0) is 31.2 Å². The van der Waals surface area contributed by atoms with Gasteiger partial charge < -0.3 is 5.32 Å². The molecule has 0 spiro atoms. The van der Waals surface area contributed by atoms with Crippen molar-refractivity contribution in [3.8, 4) is 10.6 Å². The van der Waals surface area contributed by atoms with Gasteiger partial charge in [0.1, 0.15) is 5.01 Å². The number of non-ortho nitro benzene ring substituents is 1. The Hall–Kier alpha value is -3.66. The topological polar surface area (TPSA) is 115 Å². The van der Waals surface area contributed by atoms with Crippen LogP contribution in [0, 0.1) is 17.0 Å². The molecule has 2 aromatic heterocycles. The quantitative estimate of drug-likeness (QED) is 0.429. The lowest BCUT2D eigenvalue weighted by molar-refractivity contribution is -0.384. The molecule has 1 amide bonds. The Morgan fingerprint density at radius 3 is 2.59 bits per heavy atom. The van der Waals surface area contributed by atoms with Crippen molar-refractivity contribution >= 4 is 33.6 Å². The fraction of sp³-hybridized carbons (Fsp3) is 0.0588. The summed E-state index contributed by atoms with van der Waals surface area (Å²) in [4.78, 5) is 23.4. The average Bonchev–Trinajstić information content (AvgIpc) is 3.24. The van der Waals surface area contributed by atoms with Crippen LogP contribution in [0.15, 0.2) is 48.5 Å². The molecule has 0 saturated heterocycles. The molecule has 0 aliphatic carbocycles. The first kappa shape index (κ1) is 16.8. The second-order valence-electron chi connectivity index (χ2n) is 5.65. The van der Waals surface area contributed by atoms with E-state index in [0.29, 0.717) is 27.0 Å². The van der Waals surface area contributed by atoms with Crippen molar-refractivity contribution in [1.82, 2.24) is 19.8 Å². The van der Waals surface area contributed by atoms with Crippen LogP contribution < -0.4 is 5.32 Å². The molecule has 1 N–H and O–H groups in total. The molecular weight excluding hydrogens is 368 g/mol. The van der Waals surface area contributed by atoms with Gasteiger partial charge in [0.25, 0.3) is 11.6 Å². The molecule has 0 aliphatic heterocycles. The Balaban J connectivity index is 1.64. The average molecular weight is 380 g/mol. The van der Waals surface area contributed by atoms with E-state index in [1.807, 2.05) is 19.1 Å². The lowest BCUT2D eigenvalue weighted by Gasteiger charge is -2.09. The summed E-state index contributed by atoms with van der Waals surface area (Å²) in [5, 5.41) is 26.8. The highest BCUT2D eigenvalue weighted by Crippen LogP contribution is 2.31. The minimum atomic E-state index is -0.507. The van der Waals surface area contributed by atoms with Gasteiger partial charge in [0.15, 0.2) is 5.82 Å². The van der Waals surface area contributed by atoms with Crippen molar-refractivity contribution in [3.63, 3.8) is 0 Å². The van der Waals surface area contributed by atoms with Crippen LogP contribution in [0.25, 0.3) is 15.5 Å². The van der Waals surface area contributed by atoms with E-state index >= 15 is 0 Å². The highest BCUT2D eigenvalue weighted by Gasteiger charge is 2.16. The van der Waals surface area contributed by atoms with Crippen molar-refractivity contribution < 1.29 is 9.72 Å². The van der Waals surface area contributed by atoms with Gasteiger partial charge in [-0.1, -0.05) is 23.5 Å². The molecule has 2 aromatic carbocycles. The number of nitrogens with zero attached hydrogens (tertiary/aromatic N) is 5. The summed E-state index contributed by atoms with van der Waals surface area (Å²) in [6.07, 6.45) is 0. The van der Waals surface area contributed by atoms with Crippen molar-refractivity contribution in [3.05, 3.63) is 70.0 Å². The molecular formula is C17H12N6O3S. The number of aryl methyl sites for hydroxylation is 1. The zero-order chi connectivity index (χ0) is 19.0. The van der Waals surface area contributed by atoms with Crippen molar-refractivity contribution in [2.24, 2.45) is 0 Å². The Morgan fingerprint density at radius 2 is 1.89 bits per heavy atom. The predicted octanol–water partition coefficient (Wildman–Crippen LogP) is 3.32. The minimum absolute atomic E-state index is 0.0675. The summed E-state index contributed by atoms with van der Waals surface area (Å²) >= 11 is 1.37. The maximum Gasteiger partial charge on any atom is 0.269 e. The Bertz CT molecular complexity index is 1170. The van der Waals surface area contributed by atoms with Crippen LogP contribution in [-0.4, -0.2) is 30.6 Å². The lowest BCUT2D eigenvalue weighted by atomic mass is 10.1. The third-order valence-electron chi connectivity index (χ3n) is 3.89. The Morgan fingerprint density at radius 1 is 1.15 bits per heavy atom. The van der Waals surface area contributed by atoms with E-state index < -0.39 is 4.92 Å². The number of hydrogen-bond donors (Lipinski definition) is 1. The summed E-state index contributed by atoms with van der Waals surface area (Å²) in [5.41, 5.74) is 1.59. The number of para-hydroxylation sites is 1. The molecule has 10 heteroatoms. The highest BCUT2D eigenvalue weighted by molar-refractivity contribution is 7.19. The molecule has 0 atom stereocenters. The van der Waals surface area contributed by atoms with E-state index in [9.17, 15) is 14.9 Å². The predicted molar refractivity (Wildman–Crippen MR) is 99.9 cm³/mol. The SMILES string of the molecule is Cc1nnc2sc(-c3ccccc3NC(=O)c3ccc([N+](=O)[O-])cc3)nn12. The zero-order valence-electron chi connectivity index (χ0n) is 14.0. The number of aromatic nitrogens is 4. The van der Waals surface area contributed by atoms with Crippen molar-refractivity contribution in [2.75, 3.05) is 5.32 Å². The van der Waals surface area contributed by atoms with E-state index in [1.165, 1.54) is 35.6 Å². The zero-order valence-corrected chi connectivity index (χ0v) is 14.8. The van der Waals surface area contributed by atoms with Gasteiger partial charge in [0.2, 0.25) is 4.96 Å². The minimum Gasteiger partial charge on any atom is -0.321 e. The molecule has 2 heterocycles. The Kier molecular flexibility index (Phi) is 4.09. The number of nitro benzene ring substituents is 1. The molecule has 27 heavy (non-hydrogen) atoms. The molecule has 4 aromatic rings. The second kappa shape index (κ2) is 6.57. The molecule has 0 unspecified atom stereocenters. The van der Waals surface area contributed by atoms with E-state index in [0.717, 1.165) is 5.56 Å². The third kappa shape index (κ3) is 3.13. The van der Waals surface area contributed by atoms with E-state index in [-0.39, 0.29) is 11.6 Å². The molecule has 0 fully saturated rings. The number of carbonyl (C=O) groups excluding carboxylic acids is 1. The summed E-state index contributed by atoms with van der Waals surface area (Å²) in [5.74, 6) is 0.316. The van der Waals surface area contributed by atoms with Crippen LogP contribution >= 0.6 is 11.3 Å². The smallest absolute Gasteiger partial charge is 0.269 e. The fourth-order valence-electron chi connectivity index (χ4n) is 2.53. The number of nitrogens with one attached hydrogen (secondary N) is 1. The normalized spacial score (nSPS) is 10.9. The molecule has 134 valence electrons. The number of nitro groups is 1. The summed E-state index contributed by atoms with van der Waals surface area (Å²) < 4.78 is 1.65. The maximum absolute atomic E-state index is 12.5. The third-order valence-corrected chi connectivity index (χ3v) is 4.82. The first-order valence-electron chi connectivity index (χ1n) is 7.87. The number of hydrogen-bond acceptors (Lipinski definition) is 7. The first-order chi connectivity index (χ1) is 13.0. The van der Waals surface area contributed by atoms with Crippen LogP contribution in [-0.2, 0) is 0 Å². The first-order valence-corrected chi connectivity index (χ1v) is 8.68. The second-order valence-corrected chi connectivity index (χ2v) is 6.61. The monoisotopic (exact) mass is 380 g/mol. The van der Waals surface area contributed by atoms with Crippen molar-refractivity contribution in [2.45, 2.75) is 6.92 Å². The van der Waals surface area contributed by atoms with Gasteiger partial charge in [-0.3, -0.25) is 14.9 Å². The summed E-state index contributed by atoms with van der Waals surface area (Å²) in [7, 11) is 0. The van der Waals surface area contributed by atoms with Gasteiger partial charge in [-0.2, -0.15) is 9.61 Å². The van der Waals surface area contributed by atoms with Gasteiger partial charge in [-0.25, -0.2) is 0 Å². The number of rotatable bonds is 4. The Labute approximate surface area is 156 Å². The van der Waals surface area contributed by atoms with E-state index in [2.05, 4.69) is 20.6 Å².